The summed E-state index contributed by atoms with van der Waals surface area (Å²) in [5.41, 5.74) is 12.8. The van der Waals surface area contributed by atoms with Crippen LogP contribution < -0.4 is 11.5 Å². The second kappa shape index (κ2) is 4.44. The lowest BCUT2D eigenvalue weighted by molar-refractivity contribution is 1.02. The largest absolute Gasteiger partial charge is 0.405 e. The number of allylic oxidation sites excluding steroid dienone is 5. The molecule has 0 radical (unpaired) electrons. The Morgan fingerprint density at radius 2 is 2.25 bits per heavy atom. The van der Waals surface area contributed by atoms with Crippen LogP contribution in [0.25, 0.3) is 0 Å². The molecule has 1 rings (SSSR count). The van der Waals surface area contributed by atoms with Crippen molar-refractivity contribution in [3.63, 3.8) is 0 Å². The van der Waals surface area contributed by atoms with Gasteiger partial charge in [0, 0.05) is 5.70 Å². The van der Waals surface area contributed by atoms with Crippen LogP contribution in [0.3, 0.4) is 0 Å². The molecule has 4 N–H and O–H groups in total. The van der Waals surface area contributed by atoms with Crippen molar-refractivity contribution in [1.29, 1.82) is 0 Å². The fourth-order valence-electron chi connectivity index (χ4n) is 1.08. The summed E-state index contributed by atoms with van der Waals surface area (Å²) in [4.78, 5) is 0. The molecule has 0 unspecified atom stereocenters. The quantitative estimate of drug-likeness (QED) is 0.606. The molecule has 2 nitrogen and oxygen atoms in total. The highest BCUT2D eigenvalue weighted by atomic mass is 14.6. The molecule has 0 atom stereocenters. The molecule has 0 amide bonds. The summed E-state index contributed by atoms with van der Waals surface area (Å²) >= 11 is 0. The van der Waals surface area contributed by atoms with Gasteiger partial charge in [-0.2, -0.15) is 0 Å². The predicted octanol–water partition coefficient (Wildman–Crippen LogP) is 1.58. The summed E-state index contributed by atoms with van der Waals surface area (Å²) in [6, 6.07) is 0. The minimum Gasteiger partial charge on any atom is -0.405 e. The summed E-state index contributed by atoms with van der Waals surface area (Å²) in [6.45, 7) is 0. The van der Waals surface area contributed by atoms with Gasteiger partial charge in [-0.25, -0.2) is 0 Å². The standard InChI is InChI=1S/C10H14N2/c11-8-4-7-10(12)9-5-2-1-3-6-9/h2,4-8H,1,3,11-12H2/b8-4-,10-7-. The number of nitrogens with two attached hydrogens (primary N) is 2. The van der Waals surface area contributed by atoms with Gasteiger partial charge in [0.05, 0.1) is 0 Å². The molecule has 0 fully saturated rings. The van der Waals surface area contributed by atoms with Gasteiger partial charge in [0.1, 0.15) is 0 Å². The topological polar surface area (TPSA) is 52.0 Å². The van der Waals surface area contributed by atoms with Crippen molar-refractivity contribution in [3.05, 3.63) is 47.9 Å². The van der Waals surface area contributed by atoms with Gasteiger partial charge < -0.3 is 11.5 Å². The van der Waals surface area contributed by atoms with Crippen LogP contribution in [0.1, 0.15) is 12.8 Å². The van der Waals surface area contributed by atoms with Crippen LogP contribution in [0, 0.1) is 0 Å². The van der Waals surface area contributed by atoms with E-state index in [1.807, 2.05) is 12.2 Å². The first kappa shape index (κ1) is 8.65. The van der Waals surface area contributed by atoms with Gasteiger partial charge in [0.15, 0.2) is 0 Å². The van der Waals surface area contributed by atoms with Gasteiger partial charge in [-0.1, -0.05) is 18.2 Å². The zero-order valence-corrected chi connectivity index (χ0v) is 7.03. The maximum atomic E-state index is 5.77. The first-order chi connectivity index (χ1) is 5.84. The van der Waals surface area contributed by atoms with Crippen molar-refractivity contribution in [2.45, 2.75) is 12.8 Å². The Bertz CT molecular complexity index is 257. The van der Waals surface area contributed by atoms with Crippen LogP contribution in [-0.2, 0) is 0 Å². The first-order valence-corrected chi connectivity index (χ1v) is 4.05. The van der Waals surface area contributed by atoms with Crippen molar-refractivity contribution < 1.29 is 0 Å². The van der Waals surface area contributed by atoms with E-state index in [0.717, 1.165) is 24.1 Å². The molecule has 0 spiro atoms. The lowest BCUT2D eigenvalue weighted by atomic mass is 10.0. The average molecular weight is 162 g/mol. The van der Waals surface area contributed by atoms with Crippen molar-refractivity contribution in [1.82, 2.24) is 0 Å². The highest BCUT2D eigenvalue weighted by Gasteiger charge is 1.98. The fourth-order valence-corrected chi connectivity index (χ4v) is 1.08. The zero-order chi connectivity index (χ0) is 8.81. The maximum Gasteiger partial charge on any atom is 0.0384 e. The molecule has 12 heavy (non-hydrogen) atoms. The first-order valence-electron chi connectivity index (χ1n) is 4.05. The second-order valence-electron chi connectivity index (χ2n) is 2.65. The molecule has 1 aliphatic rings. The third kappa shape index (κ3) is 2.31. The third-order valence-corrected chi connectivity index (χ3v) is 1.72. The molecule has 0 aromatic heterocycles. The second-order valence-corrected chi connectivity index (χ2v) is 2.65. The Labute approximate surface area is 72.9 Å². The lowest BCUT2D eigenvalue weighted by Crippen LogP contribution is -2.00. The summed E-state index contributed by atoms with van der Waals surface area (Å²) in [6.07, 6.45) is 13.5. The molecule has 2 heteroatoms. The molecule has 64 valence electrons. The Balaban J connectivity index is 2.69. The fraction of sp³-hybridized carbons (Fsp3) is 0.200. The van der Waals surface area contributed by atoms with Gasteiger partial charge in [-0.3, -0.25) is 0 Å². The van der Waals surface area contributed by atoms with Crippen molar-refractivity contribution in [2.24, 2.45) is 11.5 Å². The van der Waals surface area contributed by atoms with Crippen LogP contribution in [-0.4, -0.2) is 0 Å². The maximum absolute atomic E-state index is 5.77. The van der Waals surface area contributed by atoms with E-state index in [0.29, 0.717) is 0 Å². The molecular formula is C10H14N2. The van der Waals surface area contributed by atoms with E-state index in [9.17, 15) is 0 Å². The summed E-state index contributed by atoms with van der Waals surface area (Å²) in [5.74, 6) is 0. The van der Waals surface area contributed by atoms with Crippen molar-refractivity contribution >= 4 is 0 Å². The minimum atomic E-state index is 0.771. The molecule has 0 aromatic carbocycles. The van der Waals surface area contributed by atoms with Crippen molar-refractivity contribution in [2.75, 3.05) is 0 Å². The van der Waals surface area contributed by atoms with E-state index < -0.39 is 0 Å². The molecule has 0 saturated carbocycles. The molecule has 0 aromatic rings. The zero-order valence-electron chi connectivity index (χ0n) is 7.03. The van der Waals surface area contributed by atoms with Gasteiger partial charge in [-0.05, 0) is 36.8 Å². The Morgan fingerprint density at radius 1 is 1.42 bits per heavy atom. The Hall–Kier alpha value is -1.44. The molecule has 1 aliphatic carbocycles. The highest BCUT2D eigenvalue weighted by molar-refractivity contribution is 5.40. The Morgan fingerprint density at radius 3 is 2.83 bits per heavy atom. The van der Waals surface area contributed by atoms with E-state index in [4.69, 9.17) is 11.5 Å². The lowest BCUT2D eigenvalue weighted by Gasteiger charge is -2.05. The summed E-state index contributed by atoms with van der Waals surface area (Å²) < 4.78 is 0. The number of hydrogen-bond acceptors (Lipinski definition) is 2. The van der Waals surface area contributed by atoms with E-state index >= 15 is 0 Å². The van der Waals surface area contributed by atoms with Crippen LogP contribution in [0.5, 0.6) is 0 Å². The predicted molar refractivity (Wildman–Crippen MR) is 52.1 cm³/mol. The molecule has 0 saturated heterocycles. The van der Waals surface area contributed by atoms with Crippen LogP contribution >= 0.6 is 0 Å². The van der Waals surface area contributed by atoms with Gasteiger partial charge >= 0.3 is 0 Å². The molecule has 0 aliphatic heterocycles. The van der Waals surface area contributed by atoms with Gasteiger partial charge in [0.25, 0.3) is 0 Å². The van der Waals surface area contributed by atoms with Crippen LogP contribution in [0.4, 0.5) is 0 Å². The molecular weight excluding hydrogens is 148 g/mol. The van der Waals surface area contributed by atoms with E-state index in [-0.39, 0.29) is 0 Å². The highest BCUT2D eigenvalue weighted by Crippen LogP contribution is 2.13. The van der Waals surface area contributed by atoms with Gasteiger partial charge in [0.2, 0.25) is 0 Å². The minimum absolute atomic E-state index is 0.771. The monoisotopic (exact) mass is 162 g/mol. The van der Waals surface area contributed by atoms with Crippen LogP contribution in [0.15, 0.2) is 47.9 Å². The average Bonchev–Trinajstić information content (AvgIpc) is 2.15. The Kier molecular flexibility index (Phi) is 3.20. The molecule has 0 heterocycles. The van der Waals surface area contributed by atoms with Crippen LogP contribution in [0.2, 0.25) is 0 Å². The van der Waals surface area contributed by atoms with E-state index in [1.54, 1.807) is 6.08 Å². The number of hydrogen-bond donors (Lipinski definition) is 2. The smallest absolute Gasteiger partial charge is 0.0384 e. The van der Waals surface area contributed by atoms with Gasteiger partial charge in [-0.15, -0.1) is 0 Å². The molecule has 0 bridgehead atoms. The van der Waals surface area contributed by atoms with E-state index in [2.05, 4.69) is 12.2 Å². The number of rotatable bonds is 2. The summed E-state index contributed by atoms with van der Waals surface area (Å²) in [7, 11) is 0. The van der Waals surface area contributed by atoms with Crippen molar-refractivity contribution in [3.8, 4) is 0 Å². The normalized spacial score (nSPS) is 18.3. The van der Waals surface area contributed by atoms with E-state index in [1.165, 1.54) is 6.20 Å². The summed E-state index contributed by atoms with van der Waals surface area (Å²) in [5, 5.41) is 0. The third-order valence-electron chi connectivity index (χ3n) is 1.72. The SMILES string of the molecule is N/C=C\C=C(/N)C1=CCCC=C1.